The second kappa shape index (κ2) is 8.11. The number of benzene rings is 3. The summed E-state index contributed by atoms with van der Waals surface area (Å²) in [6.07, 6.45) is 1.79. The average Bonchev–Trinajstić information content (AvgIpc) is 3.19. The van der Waals surface area contributed by atoms with Crippen molar-refractivity contribution in [2.45, 2.75) is 6.54 Å². The molecule has 3 aromatic carbocycles. The maximum atomic E-state index is 13.2. The van der Waals surface area contributed by atoms with Gasteiger partial charge in [-0.3, -0.25) is 14.5 Å². The van der Waals surface area contributed by atoms with Gasteiger partial charge in [0.1, 0.15) is 23.8 Å². The maximum Gasteiger partial charge on any atom is 0.246 e. The Morgan fingerprint density at radius 2 is 1.81 bits per heavy atom. The Balaban J connectivity index is 1.63. The number of pyridine rings is 1. The smallest absolute Gasteiger partial charge is 0.246 e. The van der Waals surface area contributed by atoms with Crippen molar-refractivity contribution in [2.75, 3.05) is 12.4 Å². The summed E-state index contributed by atoms with van der Waals surface area (Å²) in [6.45, 7) is -0.0168. The van der Waals surface area contributed by atoms with Gasteiger partial charge in [-0.25, -0.2) is 4.39 Å². The molecule has 0 spiro atoms. The third-order valence-corrected chi connectivity index (χ3v) is 5.25. The van der Waals surface area contributed by atoms with E-state index in [2.05, 4.69) is 10.3 Å². The largest absolute Gasteiger partial charge is 0.497 e. The predicted octanol–water partition coefficient (Wildman–Crippen LogP) is 5.04. The van der Waals surface area contributed by atoms with Crippen LogP contribution in [0.25, 0.3) is 33.1 Å². The monoisotopic (exact) mass is 426 g/mol. The standard InChI is InChI=1S/C25H19FN4O2/c1-32-19-11-12-22-20(13-19)25-21(14-27-22)24(16-5-3-2-4-6-16)29-30(25)15-23(31)28-18-9-7-17(26)8-10-18/h2-14H,15H2,1H3,(H,28,31). The minimum Gasteiger partial charge on any atom is -0.497 e. The minimum atomic E-state index is -0.360. The Labute approximate surface area is 183 Å². The summed E-state index contributed by atoms with van der Waals surface area (Å²) in [5.41, 5.74) is 3.76. The Kier molecular flexibility index (Phi) is 4.99. The topological polar surface area (TPSA) is 69.0 Å². The van der Waals surface area contributed by atoms with Gasteiger partial charge in [0.05, 0.1) is 18.1 Å². The van der Waals surface area contributed by atoms with Crippen LogP contribution in [-0.2, 0) is 11.3 Å². The lowest BCUT2D eigenvalue weighted by molar-refractivity contribution is -0.116. The second-order valence-electron chi connectivity index (χ2n) is 7.33. The van der Waals surface area contributed by atoms with E-state index in [-0.39, 0.29) is 18.3 Å². The lowest BCUT2D eigenvalue weighted by atomic mass is 10.1. The molecule has 32 heavy (non-hydrogen) atoms. The van der Waals surface area contributed by atoms with Gasteiger partial charge in [-0.15, -0.1) is 0 Å². The van der Waals surface area contributed by atoms with Crippen molar-refractivity contribution in [1.82, 2.24) is 14.8 Å². The summed E-state index contributed by atoms with van der Waals surface area (Å²) < 4.78 is 20.3. The van der Waals surface area contributed by atoms with E-state index in [1.54, 1.807) is 18.0 Å². The number of carbonyl (C=O) groups excluding carboxylic acids is 1. The summed E-state index contributed by atoms with van der Waals surface area (Å²) in [5.74, 6) is 0.0616. The zero-order valence-corrected chi connectivity index (χ0v) is 17.2. The summed E-state index contributed by atoms with van der Waals surface area (Å²) in [4.78, 5) is 17.4. The van der Waals surface area contributed by atoms with E-state index in [9.17, 15) is 9.18 Å². The molecule has 0 saturated carbocycles. The van der Waals surface area contributed by atoms with E-state index in [4.69, 9.17) is 9.84 Å². The van der Waals surface area contributed by atoms with Crippen molar-refractivity contribution in [1.29, 1.82) is 0 Å². The van der Waals surface area contributed by atoms with Crippen LogP contribution in [0.4, 0.5) is 10.1 Å². The highest BCUT2D eigenvalue weighted by atomic mass is 19.1. The predicted molar refractivity (Wildman–Crippen MR) is 122 cm³/mol. The molecule has 0 fully saturated rings. The van der Waals surface area contributed by atoms with E-state index in [1.807, 2.05) is 48.5 Å². The second-order valence-corrected chi connectivity index (χ2v) is 7.33. The molecule has 2 aromatic heterocycles. The first-order chi connectivity index (χ1) is 15.6. The fourth-order valence-electron chi connectivity index (χ4n) is 3.75. The van der Waals surface area contributed by atoms with Gasteiger partial charge in [-0.1, -0.05) is 30.3 Å². The highest BCUT2D eigenvalue weighted by Crippen LogP contribution is 2.33. The fraction of sp³-hybridized carbons (Fsp3) is 0.0800. The van der Waals surface area contributed by atoms with Crippen LogP contribution in [0.5, 0.6) is 5.75 Å². The zero-order chi connectivity index (χ0) is 22.1. The number of nitrogens with one attached hydrogen (secondary N) is 1. The van der Waals surface area contributed by atoms with Crippen molar-refractivity contribution in [3.8, 4) is 17.0 Å². The average molecular weight is 426 g/mol. The van der Waals surface area contributed by atoms with Crippen molar-refractivity contribution in [3.63, 3.8) is 0 Å². The number of hydrogen-bond acceptors (Lipinski definition) is 4. The highest BCUT2D eigenvalue weighted by molar-refractivity contribution is 6.09. The Morgan fingerprint density at radius 3 is 2.56 bits per heavy atom. The van der Waals surface area contributed by atoms with Crippen LogP contribution in [0.15, 0.2) is 79.0 Å². The number of carbonyl (C=O) groups is 1. The number of halogens is 1. The number of rotatable bonds is 5. The molecule has 7 heteroatoms. The van der Waals surface area contributed by atoms with Crippen LogP contribution >= 0.6 is 0 Å². The van der Waals surface area contributed by atoms with E-state index < -0.39 is 0 Å². The number of anilines is 1. The van der Waals surface area contributed by atoms with Crippen LogP contribution in [0.3, 0.4) is 0 Å². The summed E-state index contributed by atoms with van der Waals surface area (Å²) in [7, 11) is 1.61. The Morgan fingerprint density at radius 1 is 1.03 bits per heavy atom. The van der Waals surface area contributed by atoms with Gasteiger partial charge in [0.15, 0.2) is 0 Å². The molecule has 0 unspecified atom stereocenters. The minimum absolute atomic E-state index is 0.0168. The van der Waals surface area contributed by atoms with Crippen LogP contribution in [0, 0.1) is 5.82 Å². The molecule has 2 heterocycles. The normalized spacial score (nSPS) is 11.1. The molecule has 0 aliphatic rings. The molecule has 0 atom stereocenters. The maximum absolute atomic E-state index is 13.2. The number of hydrogen-bond donors (Lipinski definition) is 1. The zero-order valence-electron chi connectivity index (χ0n) is 17.2. The molecule has 1 amide bonds. The molecule has 0 bridgehead atoms. The van der Waals surface area contributed by atoms with Gasteiger partial charge < -0.3 is 10.1 Å². The molecule has 5 rings (SSSR count). The number of aromatic nitrogens is 3. The van der Waals surface area contributed by atoms with Crippen molar-refractivity contribution >= 4 is 33.4 Å². The number of methoxy groups -OCH3 is 1. The Hall–Kier alpha value is -4.26. The highest BCUT2D eigenvalue weighted by Gasteiger charge is 2.18. The van der Waals surface area contributed by atoms with Gasteiger partial charge in [0.25, 0.3) is 0 Å². The van der Waals surface area contributed by atoms with Gasteiger partial charge in [0, 0.05) is 28.2 Å². The summed E-state index contributed by atoms with van der Waals surface area (Å²) in [5, 5.41) is 9.25. The van der Waals surface area contributed by atoms with Crippen LogP contribution in [0.1, 0.15) is 0 Å². The van der Waals surface area contributed by atoms with Crippen molar-refractivity contribution in [2.24, 2.45) is 0 Å². The lowest BCUT2D eigenvalue weighted by Crippen LogP contribution is -2.19. The van der Waals surface area contributed by atoms with Crippen molar-refractivity contribution in [3.05, 3.63) is 84.8 Å². The SMILES string of the molecule is COc1ccc2ncc3c(-c4ccccc4)nn(CC(=O)Nc4ccc(F)cc4)c3c2c1. The molecule has 0 aliphatic carbocycles. The molecular formula is C25H19FN4O2. The first kappa shape index (κ1) is 19.7. The van der Waals surface area contributed by atoms with Gasteiger partial charge >= 0.3 is 0 Å². The van der Waals surface area contributed by atoms with Crippen LogP contribution in [-0.4, -0.2) is 27.8 Å². The summed E-state index contributed by atoms with van der Waals surface area (Å²) >= 11 is 0. The third-order valence-electron chi connectivity index (χ3n) is 5.25. The quantitative estimate of drug-likeness (QED) is 0.428. The summed E-state index contributed by atoms with van der Waals surface area (Å²) in [6, 6.07) is 21.1. The van der Waals surface area contributed by atoms with Crippen LogP contribution < -0.4 is 10.1 Å². The van der Waals surface area contributed by atoms with Crippen molar-refractivity contribution < 1.29 is 13.9 Å². The van der Waals surface area contributed by atoms with Gasteiger partial charge in [-0.2, -0.15) is 5.10 Å². The lowest BCUT2D eigenvalue weighted by Gasteiger charge is -2.08. The van der Waals surface area contributed by atoms with E-state index >= 15 is 0 Å². The molecule has 1 N–H and O–H groups in total. The van der Waals surface area contributed by atoms with Crippen LogP contribution in [0.2, 0.25) is 0 Å². The first-order valence-electron chi connectivity index (χ1n) is 10.1. The van der Waals surface area contributed by atoms with E-state index in [0.717, 1.165) is 33.1 Å². The molecular weight excluding hydrogens is 407 g/mol. The van der Waals surface area contributed by atoms with Gasteiger partial charge in [-0.05, 0) is 42.5 Å². The molecule has 0 aliphatic heterocycles. The fourth-order valence-corrected chi connectivity index (χ4v) is 3.75. The molecule has 158 valence electrons. The molecule has 5 aromatic rings. The van der Waals surface area contributed by atoms with E-state index in [0.29, 0.717) is 11.4 Å². The van der Waals surface area contributed by atoms with Gasteiger partial charge in [0.2, 0.25) is 5.91 Å². The molecule has 6 nitrogen and oxygen atoms in total. The molecule has 0 radical (unpaired) electrons. The number of amides is 1. The number of ether oxygens (including phenoxy) is 1. The number of nitrogens with zero attached hydrogens (tertiary/aromatic N) is 3. The van der Waals surface area contributed by atoms with E-state index in [1.165, 1.54) is 24.3 Å². The first-order valence-corrected chi connectivity index (χ1v) is 10.1. The third kappa shape index (κ3) is 3.65. The Bertz CT molecular complexity index is 1430. The number of fused-ring (bicyclic) bond motifs is 3. The molecule has 0 saturated heterocycles.